The highest BCUT2D eigenvalue weighted by atomic mass is 31.2. The Kier molecular flexibility index (Phi) is 15.5. The Morgan fingerprint density at radius 2 is 1.07 bits per heavy atom. The Labute approximate surface area is 161 Å². The number of phosphoric acid groups is 2. The quantitative estimate of drug-likeness (QED) is 0.121. The van der Waals surface area contributed by atoms with Crippen molar-refractivity contribution in [1.29, 1.82) is 0 Å². The summed E-state index contributed by atoms with van der Waals surface area (Å²) < 4.78 is 29.7. The molecule has 0 radical (unpaired) electrons. The zero-order chi connectivity index (χ0) is 20.6. The zero-order valence-electron chi connectivity index (χ0n) is 15.7. The van der Waals surface area contributed by atoms with Crippen LogP contribution in [0.5, 0.6) is 0 Å². The molecule has 0 aliphatic heterocycles. The van der Waals surface area contributed by atoms with Crippen molar-refractivity contribution in [2.75, 3.05) is 13.2 Å². The lowest BCUT2D eigenvalue weighted by atomic mass is 10.1. The fraction of sp³-hybridized carbons (Fsp3) is 0.875. The van der Waals surface area contributed by atoms with E-state index < -0.39 is 15.6 Å². The van der Waals surface area contributed by atoms with Crippen LogP contribution in [-0.2, 0) is 18.2 Å². The maximum Gasteiger partial charge on any atom is 0.469 e. The Hall–Kier alpha value is -0.240. The van der Waals surface area contributed by atoms with Gasteiger partial charge < -0.3 is 24.7 Å². The normalized spacial score (nSPS) is 13.3. The van der Waals surface area contributed by atoms with E-state index in [9.17, 15) is 14.2 Å². The van der Waals surface area contributed by atoms with Gasteiger partial charge in [0.15, 0.2) is 0 Å². The smallest absolute Gasteiger partial charge is 0.469 e. The van der Waals surface area contributed by atoms with Gasteiger partial charge >= 0.3 is 15.6 Å². The lowest BCUT2D eigenvalue weighted by Crippen LogP contribution is -1.92. The molecular formula is C16H34O9P2. The fourth-order valence-electron chi connectivity index (χ4n) is 2.45. The summed E-state index contributed by atoms with van der Waals surface area (Å²) in [5.41, 5.74) is 0. The number of hydrogen-bond donors (Lipinski definition) is 5. The van der Waals surface area contributed by atoms with Crippen molar-refractivity contribution in [3.8, 4) is 0 Å². The van der Waals surface area contributed by atoms with E-state index in [-0.39, 0.29) is 13.2 Å². The lowest BCUT2D eigenvalue weighted by molar-refractivity contribution is 0.191. The van der Waals surface area contributed by atoms with E-state index in [0.29, 0.717) is 25.0 Å². The van der Waals surface area contributed by atoms with E-state index >= 15 is 0 Å². The molecular weight excluding hydrogens is 398 g/mol. The van der Waals surface area contributed by atoms with E-state index in [4.69, 9.17) is 19.6 Å². The highest BCUT2D eigenvalue weighted by Gasteiger charge is 2.12. The summed E-state index contributed by atoms with van der Waals surface area (Å²) >= 11 is 0. The summed E-state index contributed by atoms with van der Waals surface area (Å²) in [4.78, 5) is 34.1. The summed E-state index contributed by atoms with van der Waals surface area (Å²) in [5.74, 6) is 0.398. The van der Waals surface area contributed by atoms with Crippen LogP contribution in [0.2, 0.25) is 0 Å². The van der Waals surface area contributed by atoms with Crippen LogP contribution in [0.15, 0.2) is 11.8 Å². The second kappa shape index (κ2) is 15.7. The van der Waals surface area contributed by atoms with E-state index in [1.54, 1.807) is 0 Å². The van der Waals surface area contributed by atoms with Gasteiger partial charge in [-0.3, -0.25) is 9.05 Å². The molecule has 11 heteroatoms. The molecule has 0 fully saturated rings. The van der Waals surface area contributed by atoms with Crippen molar-refractivity contribution in [3.63, 3.8) is 0 Å². The minimum absolute atomic E-state index is 0.0616. The van der Waals surface area contributed by atoms with Gasteiger partial charge in [0.25, 0.3) is 0 Å². The van der Waals surface area contributed by atoms with Crippen molar-refractivity contribution in [3.05, 3.63) is 11.8 Å². The molecule has 0 aromatic heterocycles. The van der Waals surface area contributed by atoms with Crippen LogP contribution in [0, 0.1) is 0 Å². The molecule has 27 heavy (non-hydrogen) atoms. The molecule has 0 saturated carbocycles. The first-order valence-corrected chi connectivity index (χ1v) is 12.4. The summed E-state index contributed by atoms with van der Waals surface area (Å²) in [5, 5.41) is 9.79. The molecule has 0 amide bonds. The maximum absolute atomic E-state index is 10.5. The molecule has 0 unspecified atom stereocenters. The molecule has 0 aliphatic carbocycles. The maximum atomic E-state index is 10.5. The van der Waals surface area contributed by atoms with Crippen molar-refractivity contribution in [1.82, 2.24) is 0 Å². The summed E-state index contributed by atoms with van der Waals surface area (Å²) in [6.45, 7) is 0.133. The first kappa shape index (κ1) is 26.8. The highest BCUT2D eigenvalue weighted by Crippen LogP contribution is 2.36. The minimum Gasteiger partial charge on any atom is -0.513 e. The molecule has 9 nitrogen and oxygen atoms in total. The van der Waals surface area contributed by atoms with Gasteiger partial charge in [0.05, 0.1) is 19.0 Å². The number of aliphatic hydroxyl groups excluding tert-OH is 1. The van der Waals surface area contributed by atoms with Gasteiger partial charge in [-0.25, -0.2) is 9.13 Å². The van der Waals surface area contributed by atoms with Crippen molar-refractivity contribution in [2.45, 2.75) is 77.0 Å². The number of allylic oxidation sites excluding steroid dienone is 2. The van der Waals surface area contributed by atoms with Crippen LogP contribution in [0.4, 0.5) is 0 Å². The van der Waals surface area contributed by atoms with Crippen LogP contribution in [0.1, 0.15) is 77.0 Å². The Morgan fingerprint density at radius 1 is 0.667 bits per heavy atom. The first-order valence-electron chi connectivity index (χ1n) is 9.38. The molecule has 162 valence electrons. The van der Waals surface area contributed by atoms with Crippen molar-refractivity contribution < 1.29 is 42.9 Å². The second-order valence-electron chi connectivity index (χ2n) is 6.42. The largest absolute Gasteiger partial charge is 0.513 e. The SMILES string of the molecule is O=P(O)(O)OCCCCCCC/C=C(\O)CCCCCCCOP(=O)(O)O. The predicted molar refractivity (Wildman–Crippen MR) is 102 cm³/mol. The zero-order valence-corrected chi connectivity index (χ0v) is 17.5. The summed E-state index contributed by atoms with van der Waals surface area (Å²) in [6.07, 6.45) is 11.9. The molecule has 0 bridgehead atoms. The van der Waals surface area contributed by atoms with Crippen LogP contribution in [0.3, 0.4) is 0 Å². The van der Waals surface area contributed by atoms with Gasteiger partial charge in [-0.2, -0.15) is 0 Å². The lowest BCUT2D eigenvalue weighted by Gasteiger charge is -2.05. The summed E-state index contributed by atoms with van der Waals surface area (Å²) in [6, 6.07) is 0. The van der Waals surface area contributed by atoms with Gasteiger partial charge in [0.2, 0.25) is 0 Å². The molecule has 5 N–H and O–H groups in total. The molecule has 0 rings (SSSR count). The highest BCUT2D eigenvalue weighted by molar-refractivity contribution is 7.46. The molecule has 0 heterocycles. The third-order valence-electron chi connectivity index (χ3n) is 3.82. The number of rotatable bonds is 18. The van der Waals surface area contributed by atoms with Crippen molar-refractivity contribution >= 4 is 15.6 Å². The fourth-order valence-corrected chi connectivity index (χ4v) is 3.19. The predicted octanol–water partition coefficient (Wildman–Crippen LogP) is 4.33. The number of phosphoric ester groups is 2. The third-order valence-corrected chi connectivity index (χ3v) is 4.86. The molecule has 0 aromatic carbocycles. The van der Waals surface area contributed by atoms with E-state index in [0.717, 1.165) is 57.8 Å². The third kappa shape index (κ3) is 23.7. The van der Waals surface area contributed by atoms with E-state index in [1.165, 1.54) is 0 Å². The van der Waals surface area contributed by atoms with Crippen LogP contribution >= 0.6 is 15.6 Å². The molecule has 0 aliphatic rings. The average Bonchev–Trinajstić information content (AvgIpc) is 2.53. The Balaban J connectivity index is 3.39. The topological polar surface area (TPSA) is 154 Å². The monoisotopic (exact) mass is 432 g/mol. The molecule has 0 spiro atoms. The van der Waals surface area contributed by atoms with Gasteiger partial charge in [0.1, 0.15) is 0 Å². The van der Waals surface area contributed by atoms with Crippen LogP contribution in [0.25, 0.3) is 0 Å². The van der Waals surface area contributed by atoms with Gasteiger partial charge in [-0.1, -0.05) is 38.5 Å². The second-order valence-corrected chi connectivity index (χ2v) is 8.90. The number of aliphatic hydroxyl groups is 1. The van der Waals surface area contributed by atoms with Crippen molar-refractivity contribution in [2.24, 2.45) is 0 Å². The summed E-state index contributed by atoms with van der Waals surface area (Å²) in [7, 11) is -8.68. The minimum atomic E-state index is -4.34. The van der Waals surface area contributed by atoms with Gasteiger partial charge in [-0.05, 0) is 38.2 Å². The van der Waals surface area contributed by atoms with E-state index in [1.807, 2.05) is 6.08 Å². The molecule has 0 aromatic rings. The first-order chi connectivity index (χ1) is 12.6. The molecule has 0 atom stereocenters. The Morgan fingerprint density at radius 3 is 1.56 bits per heavy atom. The van der Waals surface area contributed by atoms with Crippen LogP contribution < -0.4 is 0 Å². The number of hydrogen-bond acceptors (Lipinski definition) is 5. The van der Waals surface area contributed by atoms with Crippen LogP contribution in [-0.4, -0.2) is 37.9 Å². The van der Waals surface area contributed by atoms with E-state index in [2.05, 4.69) is 9.05 Å². The van der Waals surface area contributed by atoms with Gasteiger partial charge in [-0.15, -0.1) is 0 Å². The molecule has 0 saturated heterocycles. The number of unbranched alkanes of at least 4 members (excludes halogenated alkanes) is 9. The standard InChI is InChI=1S/C16H34O9P2/c17-16(13-9-5-3-7-11-15-25-27(21,22)23)12-8-4-1-2-6-10-14-24-26(18,19)20/h12,17H,1-11,13-15H2,(H2,18,19,20)(H2,21,22,23)/b16-12-. The van der Waals surface area contributed by atoms with Gasteiger partial charge in [0, 0.05) is 6.42 Å². The Bertz CT molecular complexity index is 484. The average molecular weight is 432 g/mol.